The van der Waals surface area contributed by atoms with Crippen molar-refractivity contribution in [3.8, 4) is 0 Å². The standard InChI is InChI=1S/C8H7F2NOS/c9-8(10)13-6-3-1-5(2-4-6)7(11)12/h1-4,8H,(H2,11,12). The normalized spacial score (nSPS) is 10.4. The number of carbonyl (C=O) groups is 1. The molecule has 0 bridgehead atoms. The van der Waals surface area contributed by atoms with Crippen molar-refractivity contribution in [2.75, 3.05) is 0 Å². The molecule has 0 aromatic heterocycles. The van der Waals surface area contributed by atoms with Crippen LogP contribution in [0.1, 0.15) is 10.4 Å². The van der Waals surface area contributed by atoms with Gasteiger partial charge in [-0.25, -0.2) is 0 Å². The summed E-state index contributed by atoms with van der Waals surface area (Å²) in [4.78, 5) is 11.0. The fourth-order valence-electron chi connectivity index (χ4n) is 0.801. The first kappa shape index (κ1) is 9.98. The molecule has 0 saturated carbocycles. The molecule has 1 rings (SSSR count). The number of halogens is 2. The van der Waals surface area contributed by atoms with Gasteiger partial charge in [0.1, 0.15) is 0 Å². The predicted octanol–water partition coefficient (Wildman–Crippen LogP) is 2.10. The second-order valence-corrected chi connectivity index (χ2v) is 3.33. The lowest BCUT2D eigenvalue weighted by Crippen LogP contribution is -2.10. The number of hydrogen-bond acceptors (Lipinski definition) is 2. The summed E-state index contributed by atoms with van der Waals surface area (Å²) < 4.78 is 23.7. The average molecular weight is 203 g/mol. The Kier molecular flexibility index (Phi) is 3.25. The summed E-state index contributed by atoms with van der Waals surface area (Å²) >= 11 is 0.433. The molecule has 0 radical (unpaired) electrons. The van der Waals surface area contributed by atoms with E-state index in [9.17, 15) is 13.6 Å². The first-order valence-corrected chi connectivity index (χ1v) is 4.32. The van der Waals surface area contributed by atoms with Crippen LogP contribution in [-0.4, -0.2) is 11.7 Å². The van der Waals surface area contributed by atoms with Crippen LogP contribution in [0.15, 0.2) is 29.2 Å². The van der Waals surface area contributed by atoms with Crippen molar-refractivity contribution in [2.24, 2.45) is 5.73 Å². The van der Waals surface area contributed by atoms with Crippen LogP contribution < -0.4 is 5.73 Å². The molecule has 0 aliphatic heterocycles. The zero-order chi connectivity index (χ0) is 9.84. The van der Waals surface area contributed by atoms with Gasteiger partial charge < -0.3 is 5.73 Å². The van der Waals surface area contributed by atoms with Crippen LogP contribution in [-0.2, 0) is 0 Å². The Morgan fingerprint density at radius 2 is 1.85 bits per heavy atom. The number of hydrogen-bond donors (Lipinski definition) is 1. The number of primary amides is 1. The molecule has 5 heteroatoms. The highest BCUT2D eigenvalue weighted by atomic mass is 32.2. The topological polar surface area (TPSA) is 43.1 Å². The smallest absolute Gasteiger partial charge is 0.288 e. The van der Waals surface area contributed by atoms with Crippen LogP contribution in [0, 0.1) is 0 Å². The molecule has 0 saturated heterocycles. The molecule has 1 amide bonds. The molecule has 2 N–H and O–H groups in total. The van der Waals surface area contributed by atoms with Crippen LogP contribution >= 0.6 is 11.8 Å². The van der Waals surface area contributed by atoms with E-state index in [1.165, 1.54) is 24.3 Å². The lowest BCUT2D eigenvalue weighted by Gasteiger charge is -2.00. The fraction of sp³-hybridized carbons (Fsp3) is 0.125. The van der Waals surface area contributed by atoms with E-state index in [1.54, 1.807) is 0 Å². The maximum Gasteiger partial charge on any atom is 0.288 e. The van der Waals surface area contributed by atoms with E-state index < -0.39 is 11.7 Å². The summed E-state index contributed by atoms with van der Waals surface area (Å²) in [5, 5.41) is 0. The molecule has 0 aliphatic carbocycles. The molecule has 0 heterocycles. The summed E-state index contributed by atoms with van der Waals surface area (Å²) in [6.45, 7) is 0. The van der Waals surface area contributed by atoms with Crippen LogP contribution in [0.4, 0.5) is 8.78 Å². The molecule has 2 nitrogen and oxygen atoms in total. The number of benzene rings is 1. The summed E-state index contributed by atoms with van der Waals surface area (Å²) in [7, 11) is 0. The van der Waals surface area contributed by atoms with Crippen molar-refractivity contribution >= 4 is 17.7 Å². The molecule has 0 unspecified atom stereocenters. The quantitative estimate of drug-likeness (QED) is 0.764. The van der Waals surface area contributed by atoms with Crippen LogP contribution in [0.5, 0.6) is 0 Å². The average Bonchev–Trinajstić information content (AvgIpc) is 2.04. The number of thioether (sulfide) groups is 1. The molecule has 1 aromatic carbocycles. The van der Waals surface area contributed by atoms with Gasteiger partial charge in [0.05, 0.1) is 0 Å². The largest absolute Gasteiger partial charge is 0.366 e. The van der Waals surface area contributed by atoms with Crippen molar-refractivity contribution < 1.29 is 13.6 Å². The highest BCUT2D eigenvalue weighted by Gasteiger charge is 2.05. The lowest BCUT2D eigenvalue weighted by molar-refractivity contribution is 0.1000. The zero-order valence-electron chi connectivity index (χ0n) is 6.54. The Hall–Kier alpha value is -1.10. The lowest BCUT2D eigenvalue weighted by atomic mass is 10.2. The molecule has 0 atom stereocenters. The summed E-state index contributed by atoms with van der Waals surface area (Å²) in [5.74, 6) is -3.01. The summed E-state index contributed by atoms with van der Waals surface area (Å²) in [5.41, 5.74) is 5.29. The highest BCUT2D eigenvalue weighted by molar-refractivity contribution is 7.99. The van der Waals surface area contributed by atoms with Gasteiger partial charge in [0.15, 0.2) is 0 Å². The monoisotopic (exact) mass is 203 g/mol. The number of rotatable bonds is 3. The van der Waals surface area contributed by atoms with Crippen molar-refractivity contribution in [2.45, 2.75) is 10.7 Å². The van der Waals surface area contributed by atoms with Crippen LogP contribution in [0.25, 0.3) is 0 Å². The molecule has 70 valence electrons. The van der Waals surface area contributed by atoms with Gasteiger partial charge in [-0.15, -0.1) is 0 Å². The van der Waals surface area contributed by atoms with E-state index in [1.807, 2.05) is 0 Å². The Morgan fingerprint density at radius 1 is 1.31 bits per heavy atom. The minimum Gasteiger partial charge on any atom is -0.366 e. The Morgan fingerprint density at radius 3 is 2.23 bits per heavy atom. The maximum atomic E-state index is 11.9. The zero-order valence-corrected chi connectivity index (χ0v) is 7.35. The fourth-order valence-corrected chi connectivity index (χ4v) is 1.30. The summed E-state index contributed by atoms with van der Waals surface area (Å²) in [6.07, 6.45) is 0. The number of alkyl halides is 2. The molecule has 0 fully saturated rings. The van der Waals surface area contributed by atoms with Gasteiger partial charge in [-0.1, -0.05) is 11.8 Å². The SMILES string of the molecule is NC(=O)c1ccc(SC(F)F)cc1. The second-order valence-electron chi connectivity index (χ2n) is 2.27. The van der Waals surface area contributed by atoms with E-state index in [-0.39, 0.29) is 0 Å². The van der Waals surface area contributed by atoms with Gasteiger partial charge in [-0.05, 0) is 24.3 Å². The number of amides is 1. The third kappa shape index (κ3) is 3.02. The predicted molar refractivity (Wildman–Crippen MR) is 46.8 cm³/mol. The van der Waals surface area contributed by atoms with E-state index in [0.717, 1.165) is 0 Å². The van der Waals surface area contributed by atoms with Crippen molar-refractivity contribution in [1.29, 1.82) is 0 Å². The van der Waals surface area contributed by atoms with Crippen LogP contribution in [0.3, 0.4) is 0 Å². The van der Waals surface area contributed by atoms with E-state index in [4.69, 9.17) is 5.73 Å². The van der Waals surface area contributed by atoms with Crippen LogP contribution in [0.2, 0.25) is 0 Å². The summed E-state index contributed by atoms with van der Waals surface area (Å²) in [6, 6.07) is 5.73. The van der Waals surface area contributed by atoms with Gasteiger partial charge in [0.2, 0.25) is 5.91 Å². The maximum absolute atomic E-state index is 11.9. The number of nitrogens with two attached hydrogens (primary N) is 1. The Labute approximate surface area is 78.1 Å². The molecule has 13 heavy (non-hydrogen) atoms. The van der Waals surface area contributed by atoms with Crippen molar-refractivity contribution in [3.63, 3.8) is 0 Å². The Balaban J connectivity index is 2.75. The molecule has 0 spiro atoms. The molecule has 0 aliphatic rings. The third-order valence-electron chi connectivity index (χ3n) is 1.36. The Bertz CT molecular complexity index is 300. The first-order valence-electron chi connectivity index (χ1n) is 3.44. The minimum atomic E-state index is -2.44. The second kappa shape index (κ2) is 4.23. The van der Waals surface area contributed by atoms with Gasteiger partial charge >= 0.3 is 0 Å². The van der Waals surface area contributed by atoms with Crippen molar-refractivity contribution in [1.82, 2.24) is 0 Å². The van der Waals surface area contributed by atoms with E-state index in [2.05, 4.69) is 0 Å². The first-order chi connectivity index (χ1) is 6.09. The van der Waals surface area contributed by atoms with Gasteiger partial charge in [-0.2, -0.15) is 8.78 Å². The van der Waals surface area contributed by atoms with Gasteiger partial charge in [0.25, 0.3) is 5.76 Å². The third-order valence-corrected chi connectivity index (χ3v) is 2.09. The molecular weight excluding hydrogens is 196 g/mol. The van der Waals surface area contributed by atoms with Gasteiger partial charge in [-0.3, -0.25) is 4.79 Å². The molecular formula is C8H7F2NOS. The van der Waals surface area contributed by atoms with Gasteiger partial charge in [0, 0.05) is 10.5 Å². The highest BCUT2D eigenvalue weighted by Crippen LogP contribution is 2.24. The van der Waals surface area contributed by atoms with Crippen molar-refractivity contribution in [3.05, 3.63) is 29.8 Å². The van der Waals surface area contributed by atoms with E-state index >= 15 is 0 Å². The minimum absolute atomic E-state index is 0.318. The molecule has 1 aromatic rings. The van der Waals surface area contributed by atoms with E-state index in [0.29, 0.717) is 22.2 Å². The number of carbonyl (C=O) groups excluding carboxylic acids is 1.